The number of thiophene rings is 1. The van der Waals surface area contributed by atoms with Crippen LogP contribution in [0.5, 0.6) is 0 Å². The third-order valence-corrected chi connectivity index (χ3v) is 4.18. The summed E-state index contributed by atoms with van der Waals surface area (Å²) in [5.74, 6) is 0.194. The first-order valence-electron chi connectivity index (χ1n) is 4.93. The number of aryl methyl sites for hydroxylation is 2. The summed E-state index contributed by atoms with van der Waals surface area (Å²) < 4.78 is 5.30. The molecule has 0 amide bonds. The van der Waals surface area contributed by atoms with Gasteiger partial charge in [-0.25, -0.2) is 0 Å². The largest absolute Gasteiger partial charge is 0.390 e. The van der Waals surface area contributed by atoms with Crippen molar-refractivity contribution in [1.29, 1.82) is 0 Å². The maximum absolute atomic E-state index is 9.78. The molecule has 2 unspecified atom stereocenters. The van der Waals surface area contributed by atoms with Crippen LogP contribution in [0.4, 0.5) is 0 Å². The lowest BCUT2D eigenvalue weighted by Crippen LogP contribution is -2.16. The van der Waals surface area contributed by atoms with Crippen LogP contribution >= 0.6 is 11.3 Å². The van der Waals surface area contributed by atoms with Crippen molar-refractivity contribution in [1.82, 2.24) is 0 Å². The second-order valence-corrected chi connectivity index (χ2v) is 5.39. The smallest absolute Gasteiger partial charge is 0.0864 e. The Kier molecular flexibility index (Phi) is 2.64. The van der Waals surface area contributed by atoms with Crippen LogP contribution in [0, 0.1) is 20.8 Å². The van der Waals surface area contributed by atoms with Crippen LogP contribution in [0.3, 0.4) is 0 Å². The number of aliphatic hydroxyl groups excluding tert-OH is 1. The van der Waals surface area contributed by atoms with E-state index in [0.29, 0.717) is 13.2 Å². The lowest BCUT2D eigenvalue weighted by Gasteiger charge is -2.13. The van der Waals surface area contributed by atoms with Crippen molar-refractivity contribution in [2.75, 3.05) is 13.2 Å². The van der Waals surface area contributed by atoms with E-state index in [1.807, 2.05) is 11.3 Å². The van der Waals surface area contributed by atoms with Crippen molar-refractivity contribution in [2.45, 2.75) is 32.8 Å². The molecule has 78 valence electrons. The highest BCUT2D eigenvalue weighted by Gasteiger charge is 2.31. The van der Waals surface area contributed by atoms with Crippen LogP contribution in [0.1, 0.15) is 26.8 Å². The van der Waals surface area contributed by atoms with Crippen molar-refractivity contribution in [3.63, 3.8) is 0 Å². The van der Waals surface area contributed by atoms with Crippen LogP contribution in [0.2, 0.25) is 0 Å². The Bertz CT molecular complexity index is 343. The Morgan fingerprint density at radius 1 is 1.21 bits per heavy atom. The molecule has 1 saturated heterocycles. The Hall–Kier alpha value is -0.380. The molecule has 1 aromatic rings. The van der Waals surface area contributed by atoms with Crippen molar-refractivity contribution >= 4 is 11.3 Å². The highest BCUT2D eigenvalue weighted by Crippen LogP contribution is 2.36. The molecule has 3 heteroatoms. The van der Waals surface area contributed by atoms with Gasteiger partial charge in [-0.05, 0) is 31.9 Å². The Morgan fingerprint density at radius 2 is 1.93 bits per heavy atom. The summed E-state index contributed by atoms with van der Waals surface area (Å²) >= 11 is 1.82. The first-order chi connectivity index (χ1) is 6.61. The fourth-order valence-corrected chi connectivity index (χ4v) is 3.31. The van der Waals surface area contributed by atoms with Crippen molar-refractivity contribution in [3.8, 4) is 0 Å². The second-order valence-electron chi connectivity index (χ2n) is 3.96. The quantitative estimate of drug-likeness (QED) is 0.773. The molecule has 2 rings (SSSR count). The summed E-state index contributed by atoms with van der Waals surface area (Å²) in [6.45, 7) is 7.56. The highest BCUT2D eigenvalue weighted by atomic mass is 32.1. The van der Waals surface area contributed by atoms with E-state index in [1.54, 1.807) is 0 Å². The van der Waals surface area contributed by atoms with Gasteiger partial charge in [0, 0.05) is 15.7 Å². The van der Waals surface area contributed by atoms with E-state index in [0.717, 1.165) is 0 Å². The van der Waals surface area contributed by atoms with E-state index in [9.17, 15) is 5.11 Å². The molecule has 1 N–H and O–H groups in total. The molecule has 0 bridgehead atoms. The molecular formula is C11H16O2S. The Morgan fingerprint density at radius 3 is 2.36 bits per heavy atom. The number of ether oxygens (including phenoxy) is 1. The average Bonchev–Trinajstić information content (AvgIpc) is 2.60. The predicted octanol–water partition coefficient (Wildman–Crippen LogP) is 2.15. The fraction of sp³-hybridized carbons (Fsp3) is 0.636. The zero-order chi connectivity index (χ0) is 10.3. The van der Waals surface area contributed by atoms with Gasteiger partial charge >= 0.3 is 0 Å². The second kappa shape index (κ2) is 3.65. The normalized spacial score (nSPS) is 27.1. The summed E-state index contributed by atoms with van der Waals surface area (Å²) in [4.78, 5) is 2.69. The number of hydrogen-bond donors (Lipinski definition) is 1. The summed E-state index contributed by atoms with van der Waals surface area (Å²) in [6, 6.07) is 0. The minimum atomic E-state index is -0.318. The van der Waals surface area contributed by atoms with Gasteiger partial charge < -0.3 is 9.84 Å². The number of hydrogen-bond acceptors (Lipinski definition) is 3. The van der Waals surface area contributed by atoms with E-state index in [1.165, 1.54) is 20.9 Å². The van der Waals surface area contributed by atoms with E-state index in [2.05, 4.69) is 20.8 Å². The van der Waals surface area contributed by atoms with Gasteiger partial charge in [0.1, 0.15) is 0 Å². The predicted molar refractivity (Wildman–Crippen MR) is 58.1 cm³/mol. The molecule has 2 nitrogen and oxygen atoms in total. The van der Waals surface area contributed by atoms with Crippen molar-refractivity contribution < 1.29 is 9.84 Å². The minimum Gasteiger partial charge on any atom is -0.390 e. The van der Waals surface area contributed by atoms with Crippen LogP contribution < -0.4 is 0 Å². The molecule has 0 saturated carbocycles. The lowest BCUT2D eigenvalue weighted by molar-refractivity contribution is 0.124. The molecule has 1 aromatic heterocycles. The Balaban J connectivity index is 2.39. The van der Waals surface area contributed by atoms with Gasteiger partial charge in [-0.15, -0.1) is 11.3 Å². The first kappa shape index (κ1) is 10.1. The summed E-state index contributed by atoms with van der Waals surface area (Å²) in [5, 5.41) is 9.78. The van der Waals surface area contributed by atoms with E-state index < -0.39 is 0 Å². The zero-order valence-electron chi connectivity index (χ0n) is 8.83. The van der Waals surface area contributed by atoms with Gasteiger partial charge in [-0.1, -0.05) is 0 Å². The molecule has 2 atom stereocenters. The van der Waals surface area contributed by atoms with Gasteiger partial charge in [-0.3, -0.25) is 0 Å². The summed E-state index contributed by atoms with van der Waals surface area (Å²) in [5.41, 5.74) is 2.65. The Labute approximate surface area is 88.5 Å². The summed E-state index contributed by atoms with van der Waals surface area (Å²) in [7, 11) is 0. The topological polar surface area (TPSA) is 29.5 Å². The lowest BCUT2D eigenvalue weighted by atomic mass is 9.93. The zero-order valence-corrected chi connectivity index (χ0v) is 9.65. The maximum Gasteiger partial charge on any atom is 0.0864 e. The molecule has 1 fully saturated rings. The van der Waals surface area contributed by atoms with Crippen LogP contribution in [-0.4, -0.2) is 24.4 Å². The third-order valence-electron chi connectivity index (χ3n) is 3.04. The van der Waals surface area contributed by atoms with Crippen molar-refractivity contribution in [3.05, 3.63) is 20.9 Å². The molecule has 1 aliphatic heterocycles. The molecule has 0 radical (unpaired) electrons. The van der Waals surface area contributed by atoms with Crippen LogP contribution in [0.25, 0.3) is 0 Å². The van der Waals surface area contributed by atoms with Crippen molar-refractivity contribution in [2.24, 2.45) is 0 Å². The monoisotopic (exact) mass is 212 g/mol. The fourth-order valence-electron chi connectivity index (χ4n) is 2.17. The van der Waals surface area contributed by atoms with Gasteiger partial charge in [0.05, 0.1) is 19.3 Å². The van der Waals surface area contributed by atoms with Gasteiger partial charge in [0.15, 0.2) is 0 Å². The highest BCUT2D eigenvalue weighted by molar-refractivity contribution is 7.12. The molecule has 0 aromatic carbocycles. The van der Waals surface area contributed by atoms with Crippen LogP contribution in [-0.2, 0) is 4.74 Å². The number of rotatable bonds is 1. The molecule has 14 heavy (non-hydrogen) atoms. The molecule has 1 aliphatic rings. The average molecular weight is 212 g/mol. The minimum absolute atomic E-state index is 0.194. The molecule has 0 aliphatic carbocycles. The third kappa shape index (κ3) is 1.49. The SMILES string of the molecule is Cc1sc(C)c(C2COCC2O)c1C. The number of aliphatic hydroxyl groups is 1. The first-order valence-corrected chi connectivity index (χ1v) is 5.75. The van der Waals surface area contributed by atoms with Crippen LogP contribution in [0.15, 0.2) is 0 Å². The van der Waals surface area contributed by atoms with E-state index >= 15 is 0 Å². The van der Waals surface area contributed by atoms with E-state index in [-0.39, 0.29) is 12.0 Å². The molecule has 0 spiro atoms. The summed E-state index contributed by atoms with van der Waals surface area (Å²) in [6.07, 6.45) is -0.318. The molecule has 2 heterocycles. The molecular weight excluding hydrogens is 196 g/mol. The standard InChI is InChI=1S/C11H16O2S/c1-6-7(2)14-8(3)11(6)9-4-13-5-10(9)12/h9-10,12H,4-5H2,1-3H3. The van der Waals surface area contributed by atoms with Gasteiger partial charge in [0.2, 0.25) is 0 Å². The van der Waals surface area contributed by atoms with Gasteiger partial charge in [0.25, 0.3) is 0 Å². The van der Waals surface area contributed by atoms with Gasteiger partial charge in [-0.2, -0.15) is 0 Å². The maximum atomic E-state index is 9.78. The van der Waals surface area contributed by atoms with E-state index in [4.69, 9.17) is 4.74 Å².